The molecule has 2 nitrogen and oxygen atoms in total. The molecule has 0 aromatic carbocycles. The highest BCUT2D eigenvalue weighted by Crippen LogP contribution is 1.99. The van der Waals surface area contributed by atoms with Crippen molar-refractivity contribution in [3.05, 3.63) is 11.8 Å². The van der Waals surface area contributed by atoms with Gasteiger partial charge in [0.05, 0.1) is 6.54 Å². The Morgan fingerprint density at radius 2 is 2.50 bits per heavy atom. The predicted octanol–water partition coefficient (Wildman–Crippen LogP) is 0.564. The molecular weight excluding hydrogens is 100 g/mol. The molecule has 1 rings (SSSR count). The lowest BCUT2D eigenvalue weighted by Gasteiger charge is -1.93. The molecule has 0 atom stereocenters. The molecule has 0 spiro atoms. The first-order valence-corrected chi connectivity index (χ1v) is 2.72. The minimum atomic E-state index is 0.836. The molecule has 0 unspecified atom stereocenters. The summed E-state index contributed by atoms with van der Waals surface area (Å²) in [5.41, 5.74) is 2.33. The molecular formula is C6H10N2. The number of hydrogen-bond acceptors (Lipinski definition) is 2. The SMILES string of the molecule is CNC1=CC(C)=NC1. The number of aliphatic imine (C=N–C) groups is 1. The fraction of sp³-hybridized carbons (Fsp3) is 0.500. The Balaban J connectivity index is 2.56. The smallest absolute Gasteiger partial charge is 0.0789 e. The van der Waals surface area contributed by atoms with Crippen molar-refractivity contribution in [2.75, 3.05) is 13.6 Å². The topological polar surface area (TPSA) is 24.4 Å². The second-order valence-corrected chi connectivity index (χ2v) is 1.88. The number of hydrogen-bond donors (Lipinski definition) is 1. The quantitative estimate of drug-likeness (QED) is 0.524. The molecule has 0 saturated heterocycles. The average Bonchev–Trinajstić information content (AvgIpc) is 2.14. The Kier molecular flexibility index (Phi) is 1.33. The maximum Gasteiger partial charge on any atom is 0.0789 e. The summed E-state index contributed by atoms with van der Waals surface area (Å²) in [6, 6.07) is 0. The summed E-state index contributed by atoms with van der Waals surface area (Å²) >= 11 is 0. The third-order valence-corrected chi connectivity index (χ3v) is 1.20. The van der Waals surface area contributed by atoms with E-state index in [2.05, 4.69) is 16.4 Å². The summed E-state index contributed by atoms with van der Waals surface area (Å²) in [6.07, 6.45) is 2.06. The van der Waals surface area contributed by atoms with Crippen LogP contribution in [0.5, 0.6) is 0 Å². The summed E-state index contributed by atoms with van der Waals surface area (Å²) in [6.45, 7) is 2.84. The zero-order valence-electron chi connectivity index (χ0n) is 5.23. The molecule has 0 aliphatic carbocycles. The molecule has 1 aliphatic rings. The van der Waals surface area contributed by atoms with Crippen molar-refractivity contribution >= 4 is 5.71 Å². The first kappa shape index (κ1) is 5.35. The van der Waals surface area contributed by atoms with Crippen molar-refractivity contribution in [3.8, 4) is 0 Å². The average molecular weight is 110 g/mol. The first-order chi connectivity index (χ1) is 3.83. The number of nitrogens with one attached hydrogen (secondary N) is 1. The van der Waals surface area contributed by atoms with E-state index in [1.165, 1.54) is 5.70 Å². The van der Waals surface area contributed by atoms with E-state index < -0.39 is 0 Å². The Morgan fingerprint density at radius 1 is 1.75 bits per heavy atom. The number of allylic oxidation sites excluding steroid dienone is 1. The third kappa shape index (κ3) is 0.886. The van der Waals surface area contributed by atoms with E-state index in [-0.39, 0.29) is 0 Å². The second-order valence-electron chi connectivity index (χ2n) is 1.88. The van der Waals surface area contributed by atoms with Crippen molar-refractivity contribution in [1.29, 1.82) is 0 Å². The van der Waals surface area contributed by atoms with Gasteiger partial charge in [-0.15, -0.1) is 0 Å². The van der Waals surface area contributed by atoms with E-state index in [1.54, 1.807) is 0 Å². The maximum absolute atomic E-state index is 4.15. The highest BCUT2D eigenvalue weighted by atomic mass is 14.9. The molecule has 2 heteroatoms. The minimum Gasteiger partial charge on any atom is -0.390 e. The van der Waals surface area contributed by atoms with E-state index in [0.717, 1.165) is 12.3 Å². The van der Waals surface area contributed by atoms with Gasteiger partial charge >= 0.3 is 0 Å². The molecule has 1 heterocycles. The van der Waals surface area contributed by atoms with E-state index in [1.807, 2.05) is 14.0 Å². The van der Waals surface area contributed by atoms with E-state index in [9.17, 15) is 0 Å². The summed E-state index contributed by atoms with van der Waals surface area (Å²) in [7, 11) is 1.92. The van der Waals surface area contributed by atoms with Gasteiger partial charge in [0.2, 0.25) is 0 Å². The van der Waals surface area contributed by atoms with Crippen molar-refractivity contribution in [2.24, 2.45) is 4.99 Å². The highest BCUT2D eigenvalue weighted by molar-refractivity contribution is 5.95. The molecule has 0 saturated carbocycles. The second kappa shape index (κ2) is 1.99. The van der Waals surface area contributed by atoms with Crippen molar-refractivity contribution < 1.29 is 0 Å². The number of rotatable bonds is 1. The molecule has 0 amide bonds. The van der Waals surface area contributed by atoms with Gasteiger partial charge in [-0.25, -0.2) is 0 Å². The van der Waals surface area contributed by atoms with Crippen LogP contribution in [0.2, 0.25) is 0 Å². The molecule has 0 aromatic rings. The molecule has 8 heavy (non-hydrogen) atoms. The molecule has 0 fully saturated rings. The first-order valence-electron chi connectivity index (χ1n) is 2.72. The molecule has 1 N–H and O–H groups in total. The fourth-order valence-corrected chi connectivity index (χ4v) is 0.705. The lowest BCUT2D eigenvalue weighted by molar-refractivity contribution is 0.946. The number of nitrogens with zero attached hydrogens (tertiary/aromatic N) is 1. The molecule has 0 aromatic heterocycles. The molecule has 44 valence electrons. The van der Waals surface area contributed by atoms with Crippen LogP contribution in [0.25, 0.3) is 0 Å². The maximum atomic E-state index is 4.15. The van der Waals surface area contributed by atoms with E-state index >= 15 is 0 Å². The van der Waals surface area contributed by atoms with Gasteiger partial charge in [-0.05, 0) is 13.0 Å². The third-order valence-electron chi connectivity index (χ3n) is 1.20. The van der Waals surface area contributed by atoms with Gasteiger partial charge in [0.1, 0.15) is 0 Å². The van der Waals surface area contributed by atoms with Crippen LogP contribution in [0.15, 0.2) is 16.8 Å². The largest absolute Gasteiger partial charge is 0.390 e. The normalized spacial score (nSPS) is 17.8. The lowest BCUT2D eigenvalue weighted by Crippen LogP contribution is -2.05. The van der Waals surface area contributed by atoms with Crippen molar-refractivity contribution in [2.45, 2.75) is 6.92 Å². The zero-order valence-corrected chi connectivity index (χ0v) is 5.23. The summed E-state index contributed by atoms with van der Waals surface area (Å²) in [5, 5.41) is 3.04. The van der Waals surface area contributed by atoms with Gasteiger partial charge in [-0.1, -0.05) is 0 Å². The molecule has 0 bridgehead atoms. The summed E-state index contributed by atoms with van der Waals surface area (Å²) < 4.78 is 0. The van der Waals surface area contributed by atoms with Crippen LogP contribution < -0.4 is 5.32 Å². The lowest BCUT2D eigenvalue weighted by atomic mass is 10.4. The van der Waals surface area contributed by atoms with Crippen LogP contribution in [0.3, 0.4) is 0 Å². The summed E-state index contributed by atoms with van der Waals surface area (Å²) in [4.78, 5) is 4.15. The van der Waals surface area contributed by atoms with E-state index in [0.29, 0.717) is 0 Å². The van der Waals surface area contributed by atoms with Gasteiger partial charge < -0.3 is 5.32 Å². The number of likely N-dealkylation sites (N-methyl/N-ethyl adjacent to an activating group) is 1. The van der Waals surface area contributed by atoms with Crippen LogP contribution in [-0.2, 0) is 0 Å². The van der Waals surface area contributed by atoms with Crippen LogP contribution in [0.1, 0.15) is 6.92 Å². The van der Waals surface area contributed by atoms with Gasteiger partial charge in [0.25, 0.3) is 0 Å². The monoisotopic (exact) mass is 110 g/mol. The Hall–Kier alpha value is -0.790. The molecule has 0 radical (unpaired) electrons. The Morgan fingerprint density at radius 3 is 2.75 bits per heavy atom. The van der Waals surface area contributed by atoms with Gasteiger partial charge in [0.15, 0.2) is 0 Å². The van der Waals surface area contributed by atoms with E-state index in [4.69, 9.17) is 0 Å². The highest BCUT2D eigenvalue weighted by Gasteiger charge is 1.99. The van der Waals surface area contributed by atoms with Gasteiger partial charge in [-0.3, -0.25) is 4.99 Å². The summed E-state index contributed by atoms with van der Waals surface area (Å²) in [5.74, 6) is 0. The predicted molar refractivity (Wildman–Crippen MR) is 35.1 cm³/mol. The zero-order chi connectivity index (χ0) is 5.98. The molecule has 1 aliphatic heterocycles. The van der Waals surface area contributed by atoms with Gasteiger partial charge in [0, 0.05) is 18.5 Å². The fourth-order valence-electron chi connectivity index (χ4n) is 0.705. The van der Waals surface area contributed by atoms with Crippen LogP contribution >= 0.6 is 0 Å². The van der Waals surface area contributed by atoms with Crippen molar-refractivity contribution in [1.82, 2.24) is 5.32 Å². The van der Waals surface area contributed by atoms with Gasteiger partial charge in [-0.2, -0.15) is 0 Å². The Labute approximate surface area is 49.3 Å². The van der Waals surface area contributed by atoms with Crippen LogP contribution in [-0.4, -0.2) is 19.3 Å². The minimum absolute atomic E-state index is 0.836. The standard InChI is InChI=1S/C6H10N2/c1-5-3-6(7-2)4-8-5/h3,7H,4H2,1-2H3. The Bertz CT molecular complexity index is 145. The van der Waals surface area contributed by atoms with Crippen LogP contribution in [0, 0.1) is 0 Å². The van der Waals surface area contributed by atoms with Crippen LogP contribution in [0.4, 0.5) is 0 Å². The van der Waals surface area contributed by atoms with Crippen molar-refractivity contribution in [3.63, 3.8) is 0 Å².